The molecule has 6 nitrogen and oxygen atoms in total. The van der Waals surface area contributed by atoms with Gasteiger partial charge in [-0.25, -0.2) is 8.42 Å². The van der Waals surface area contributed by atoms with Crippen LogP contribution < -0.4 is 10.0 Å². The average molecular weight is 436 g/mol. The lowest BCUT2D eigenvalue weighted by Gasteiger charge is -2.34. The van der Waals surface area contributed by atoms with Gasteiger partial charge in [0, 0.05) is 31.9 Å². The summed E-state index contributed by atoms with van der Waals surface area (Å²) in [5.74, 6) is 0.982. The second-order valence-corrected chi connectivity index (χ2v) is 10.6. The molecule has 0 bridgehead atoms. The van der Waals surface area contributed by atoms with E-state index in [9.17, 15) is 13.2 Å². The highest BCUT2D eigenvalue weighted by molar-refractivity contribution is 7.93. The molecule has 1 fully saturated rings. The predicted molar refractivity (Wildman–Crippen MR) is 118 cm³/mol. The molecular weight excluding hydrogens is 406 g/mol. The molecule has 1 amide bonds. The molecule has 158 valence electrons. The third-order valence-electron chi connectivity index (χ3n) is 5.09. The zero-order valence-corrected chi connectivity index (χ0v) is 18.8. The second kappa shape index (κ2) is 9.28. The Hall–Kier alpha value is -1.90. The van der Waals surface area contributed by atoms with E-state index in [1.54, 1.807) is 17.5 Å². The van der Waals surface area contributed by atoms with E-state index >= 15 is 0 Å². The van der Waals surface area contributed by atoms with Crippen molar-refractivity contribution < 1.29 is 13.2 Å². The van der Waals surface area contributed by atoms with Gasteiger partial charge in [-0.05, 0) is 48.8 Å². The van der Waals surface area contributed by atoms with Crippen LogP contribution in [0.25, 0.3) is 0 Å². The molecule has 2 N–H and O–H groups in total. The fourth-order valence-corrected chi connectivity index (χ4v) is 6.29. The number of carbonyl (C=O) groups excluding carboxylic acids is 1. The molecule has 0 aliphatic carbocycles. The minimum absolute atomic E-state index is 0.0146. The molecule has 2 unspecified atom stereocenters. The van der Waals surface area contributed by atoms with E-state index in [1.807, 2.05) is 19.1 Å². The van der Waals surface area contributed by atoms with Crippen LogP contribution in [0.3, 0.4) is 0 Å². The van der Waals surface area contributed by atoms with Crippen molar-refractivity contribution in [1.29, 1.82) is 0 Å². The van der Waals surface area contributed by atoms with E-state index in [1.165, 1.54) is 12.5 Å². The number of piperidine rings is 1. The quantitative estimate of drug-likeness (QED) is 0.697. The monoisotopic (exact) mass is 435 g/mol. The van der Waals surface area contributed by atoms with Crippen LogP contribution in [0.2, 0.25) is 0 Å². The molecule has 8 heteroatoms. The number of benzene rings is 1. The Labute approximate surface area is 177 Å². The summed E-state index contributed by atoms with van der Waals surface area (Å²) in [7, 11) is -3.83. The summed E-state index contributed by atoms with van der Waals surface area (Å²) >= 11 is 1.14. The highest BCUT2D eigenvalue weighted by Gasteiger charge is 2.25. The number of rotatable bonds is 7. The Morgan fingerprint density at radius 3 is 2.45 bits per heavy atom. The van der Waals surface area contributed by atoms with Gasteiger partial charge in [-0.3, -0.25) is 9.52 Å². The minimum atomic E-state index is -3.83. The van der Waals surface area contributed by atoms with Gasteiger partial charge in [0.05, 0.1) is 0 Å². The highest BCUT2D eigenvalue weighted by Crippen LogP contribution is 2.25. The number of nitrogens with zero attached hydrogens (tertiary/aromatic N) is 1. The molecule has 1 aliphatic heterocycles. The van der Waals surface area contributed by atoms with E-state index in [0.717, 1.165) is 36.5 Å². The van der Waals surface area contributed by atoms with Gasteiger partial charge < -0.3 is 10.2 Å². The largest absolute Gasteiger partial charge is 0.350 e. The number of hydrogen-bond acceptors (Lipinski definition) is 5. The molecule has 3 rings (SSSR count). The van der Waals surface area contributed by atoms with Crippen LogP contribution in [0.15, 0.2) is 40.6 Å². The summed E-state index contributed by atoms with van der Waals surface area (Å²) < 4.78 is 28.1. The number of likely N-dealkylation sites (tertiary alicyclic amines) is 1. The van der Waals surface area contributed by atoms with Gasteiger partial charge in [0.1, 0.15) is 9.77 Å². The van der Waals surface area contributed by atoms with Gasteiger partial charge in [0.25, 0.3) is 15.9 Å². The smallest absolute Gasteiger partial charge is 0.263 e. The Bertz CT molecular complexity index is 928. The zero-order chi connectivity index (χ0) is 21.0. The molecule has 0 saturated carbocycles. The Morgan fingerprint density at radius 2 is 1.79 bits per heavy atom. The van der Waals surface area contributed by atoms with Crippen LogP contribution >= 0.6 is 11.3 Å². The molecule has 1 aromatic carbocycles. The number of thiophene rings is 1. The van der Waals surface area contributed by atoms with Crippen molar-refractivity contribution >= 4 is 33.0 Å². The van der Waals surface area contributed by atoms with Gasteiger partial charge in [0.15, 0.2) is 0 Å². The van der Waals surface area contributed by atoms with E-state index < -0.39 is 10.0 Å². The molecule has 2 atom stereocenters. The molecule has 0 spiro atoms. The van der Waals surface area contributed by atoms with Crippen LogP contribution in [0.1, 0.15) is 35.5 Å². The van der Waals surface area contributed by atoms with Gasteiger partial charge in [-0.2, -0.15) is 0 Å². The first-order chi connectivity index (χ1) is 13.7. The maximum Gasteiger partial charge on any atom is 0.263 e. The van der Waals surface area contributed by atoms with Crippen molar-refractivity contribution in [3.05, 3.63) is 46.2 Å². The summed E-state index contributed by atoms with van der Waals surface area (Å²) in [6.07, 6.45) is 1.24. The number of hydrogen-bond donors (Lipinski definition) is 2. The van der Waals surface area contributed by atoms with Crippen LogP contribution in [0.4, 0.5) is 5.69 Å². The molecular formula is C21H29N3O3S2. The number of aryl methyl sites for hydroxylation is 1. The van der Waals surface area contributed by atoms with Gasteiger partial charge in [-0.15, -0.1) is 11.3 Å². The zero-order valence-electron chi connectivity index (χ0n) is 17.1. The SMILES string of the molecule is Cc1ccc(NS(=O)(=O)c2ccsc2C(=O)NCCN2CC(C)CC(C)C2)cc1. The van der Waals surface area contributed by atoms with Crippen molar-refractivity contribution in [2.24, 2.45) is 11.8 Å². The number of anilines is 1. The fourth-order valence-electron chi connectivity index (χ4n) is 3.89. The van der Waals surface area contributed by atoms with Crippen LogP contribution in [-0.2, 0) is 10.0 Å². The van der Waals surface area contributed by atoms with Crippen molar-refractivity contribution in [3.63, 3.8) is 0 Å². The Balaban J connectivity index is 1.61. The maximum atomic E-state index is 12.8. The Kier molecular flexibility index (Phi) is 6.97. The summed E-state index contributed by atoms with van der Waals surface area (Å²) in [5, 5.41) is 4.52. The third-order valence-corrected chi connectivity index (χ3v) is 7.55. The molecule has 2 heterocycles. The lowest BCUT2D eigenvalue weighted by atomic mass is 9.92. The van der Waals surface area contributed by atoms with E-state index in [-0.39, 0.29) is 15.7 Å². The van der Waals surface area contributed by atoms with Crippen molar-refractivity contribution in [2.75, 3.05) is 30.9 Å². The summed E-state index contributed by atoms with van der Waals surface area (Å²) in [6, 6.07) is 8.56. The first-order valence-corrected chi connectivity index (χ1v) is 12.3. The van der Waals surface area contributed by atoms with Crippen molar-refractivity contribution in [1.82, 2.24) is 10.2 Å². The van der Waals surface area contributed by atoms with Crippen molar-refractivity contribution in [2.45, 2.75) is 32.1 Å². The van der Waals surface area contributed by atoms with Gasteiger partial charge in [-0.1, -0.05) is 31.5 Å². The van der Waals surface area contributed by atoms with Gasteiger partial charge >= 0.3 is 0 Å². The van der Waals surface area contributed by atoms with E-state index in [2.05, 4.69) is 28.8 Å². The van der Waals surface area contributed by atoms with Gasteiger partial charge in [0.2, 0.25) is 0 Å². The highest BCUT2D eigenvalue weighted by atomic mass is 32.2. The lowest BCUT2D eigenvalue weighted by Crippen LogP contribution is -2.42. The minimum Gasteiger partial charge on any atom is -0.350 e. The van der Waals surface area contributed by atoms with E-state index in [0.29, 0.717) is 24.1 Å². The first-order valence-electron chi connectivity index (χ1n) is 9.92. The number of carbonyl (C=O) groups is 1. The number of amides is 1. The second-order valence-electron chi connectivity index (χ2n) is 8.05. The maximum absolute atomic E-state index is 12.8. The fraction of sp³-hybridized carbons (Fsp3) is 0.476. The predicted octanol–water partition coefficient (Wildman–Crippen LogP) is 3.57. The normalized spacial score (nSPS) is 20.4. The summed E-state index contributed by atoms with van der Waals surface area (Å²) in [5.41, 5.74) is 1.52. The van der Waals surface area contributed by atoms with Crippen LogP contribution in [0.5, 0.6) is 0 Å². The molecule has 1 aromatic heterocycles. The molecule has 2 aromatic rings. The number of sulfonamides is 1. The molecule has 0 radical (unpaired) electrons. The topological polar surface area (TPSA) is 78.5 Å². The van der Waals surface area contributed by atoms with Crippen molar-refractivity contribution in [3.8, 4) is 0 Å². The van der Waals surface area contributed by atoms with Crippen LogP contribution in [-0.4, -0.2) is 45.4 Å². The number of nitrogens with one attached hydrogen (secondary N) is 2. The lowest BCUT2D eigenvalue weighted by molar-refractivity contribution is 0.0937. The average Bonchev–Trinajstić information content (AvgIpc) is 3.14. The summed E-state index contributed by atoms with van der Waals surface area (Å²) in [4.78, 5) is 15.2. The molecule has 1 saturated heterocycles. The Morgan fingerprint density at radius 1 is 1.14 bits per heavy atom. The standard InChI is InChI=1S/C21H29N3O3S2/c1-15-4-6-18(7-5-15)23-29(26,27)19-8-11-28-20(19)21(25)22-9-10-24-13-16(2)12-17(3)14-24/h4-8,11,16-17,23H,9-10,12-14H2,1-3H3,(H,22,25). The third kappa shape index (κ3) is 5.81. The first kappa shape index (κ1) is 21.8. The molecule has 1 aliphatic rings. The van der Waals surface area contributed by atoms with E-state index in [4.69, 9.17) is 0 Å². The summed E-state index contributed by atoms with van der Waals surface area (Å²) in [6.45, 7) is 9.80. The molecule has 29 heavy (non-hydrogen) atoms. The van der Waals surface area contributed by atoms with Crippen LogP contribution in [0, 0.1) is 18.8 Å².